The van der Waals surface area contributed by atoms with Crippen molar-refractivity contribution in [3.8, 4) is 11.5 Å². The molecule has 2 rings (SSSR count). The van der Waals surface area contributed by atoms with Crippen molar-refractivity contribution in [3.63, 3.8) is 0 Å². The van der Waals surface area contributed by atoms with E-state index in [4.69, 9.17) is 21.1 Å². The van der Waals surface area contributed by atoms with Crippen LogP contribution in [-0.4, -0.2) is 43.3 Å². The minimum absolute atomic E-state index is 0.122. The van der Waals surface area contributed by atoms with Gasteiger partial charge in [0, 0.05) is 25.8 Å². The van der Waals surface area contributed by atoms with Gasteiger partial charge in [0.15, 0.2) is 11.5 Å². The molecule has 0 aliphatic carbocycles. The lowest BCUT2D eigenvalue weighted by Gasteiger charge is -2.13. The largest absolute Gasteiger partial charge is 0.493 e. The standard InChI is InChI=1S/C13H16ClN5O2/c1-19(2)13-17-11(14)16-12(18-13)15-8-5-6-9(20-3)10(7-8)21-4/h5-7H,1-4H3,(H,15,16,17,18). The van der Waals surface area contributed by atoms with E-state index in [1.165, 1.54) is 0 Å². The zero-order valence-electron chi connectivity index (χ0n) is 12.2. The van der Waals surface area contributed by atoms with Gasteiger partial charge in [-0.1, -0.05) is 0 Å². The van der Waals surface area contributed by atoms with Crippen molar-refractivity contribution in [2.24, 2.45) is 0 Å². The quantitative estimate of drug-likeness (QED) is 0.908. The highest BCUT2D eigenvalue weighted by molar-refractivity contribution is 6.28. The highest BCUT2D eigenvalue weighted by Gasteiger charge is 2.09. The Labute approximate surface area is 127 Å². The Hall–Kier alpha value is -2.28. The van der Waals surface area contributed by atoms with Gasteiger partial charge >= 0.3 is 0 Å². The number of rotatable bonds is 5. The summed E-state index contributed by atoms with van der Waals surface area (Å²) in [6.07, 6.45) is 0. The molecule has 1 N–H and O–H groups in total. The third-order valence-electron chi connectivity index (χ3n) is 2.64. The monoisotopic (exact) mass is 309 g/mol. The van der Waals surface area contributed by atoms with Crippen molar-refractivity contribution in [1.82, 2.24) is 15.0 Å². The van der Waals surface area contributed by atoms with Crippen LogP contribution >= 0.6 is 11.6 Å². The Balaban J connectivity index is 2.29. The fourth-order valence-electron chi connectivity index (χ4n) is 1.64. The molecule has 8 heteroatoms. The minimum atomic E-state index is 0.122. The average molecular weight is 310 g/mol. The molecule has 0 unspecified atom stereocenters. The van der Waals surface area contributed by atoms with E-state index in [1.54, 1.807) is 31.3 Å². The van der Waals surface area contributed by atoms with Crippen molar-refractivity contribution in [1.29, 1.82) is 0 Å². The second kappa shape index (κ2) is 6.45. The predicted octanol–water partition coefficient (Wildman–Crippen LogP) is 2.35. The lowest BCUT2D eigenvalue weighted by molar-refractivity contribution is 0.355. The molecule has 0 aliphatic heterocycles. The lowest BCUT2D eigenvalue weighted by Crippen LogP contribution is -2.14. The zero-order chi connectivity index (χ0) is 15.4. The fraction of sp³-hybridized carbons (Fsp3) is 0.308. The number of hydrogen-bond acceptors (Lipinski definition) is 7. The first-order valence-electron chi connectivity index (χ1n) is 6.11. The van der Waals surface area contributed by atoms with Gasteiger partial charge in [-0.15, -0.1) is 0 Å². The number of anilines is 3. The molecule has 7 nitrogen and oxygen atoms in total. The van der Waals surface area contributed by atoms with E-state index in [2.05, 4.69) is 20.3 Å². The van der Waals surface area contributed by atoms with Crippen LogP contribution in [0.25, 0.3) is 0 Å². The maximum Gasteiger partial charge on any atom is 0.233 e. The number of nitrogens with one attached hydrogen (secondary N) is 1. The Kier molecular flexibility index (Phi) is 4.64. The van der Waals surface area contributed by atoms with Gasteiger partial charge in [0.25, 0.3) is 0 Å². The van der Waals surface area contributed by atoms with Gasteiger partial charge in [0.2, 0.25) is 17.2 Å². The second-order valence-electron chi connectivity index (χ2n) is 4.32. The van der Waals surface area contributed by atoms with Crippen LogP contribution in [0.2, 0.25) is 5.28 Å². The smallest absolute Gasteiger partial charge is 0.233 e. The fourth-order valence-corrected chi connectivity index (χ4v) is 1.79. The van der Waals surface area contributed by atoms with Crippen LogP contribution in [0.1, 0.15) is 0 Å². The van der Waals surface area contributed by atoms with Crippen LogP contribution in [0, 0.1) is 0 Å². The van der Waals surface area contributed by atoms with E-state index in [1.807, 2.05) is 20.2 Å². The van der Waals surface area contributed by atoms with Gasteiger partial charge in [-0.05, 0) is 23.7 Å². The summed E-state index contributed by atoms with van der Waals surface area (Å²) < 4.78 is 10.4. The van der Waals surface area contributed by atoms with Gasteiger partial charge in [0.05, 0.1) is 14.2 Å². The molecular formula is C13H16ClN5O2. The molecule has 21 heavy (non-hydrogen) atoms. The molecule has 0 bridgehead atoms. The summed E-state index contributed by atoms with van der Waals surface area (Å²) >= 11 is 5.89. The molecule has 0 aliphatic rings. The average Bonchev–Trinajstić information content (AvgIpc) is 2.46. The van der Waals surface area contributed by atoms with Crippen LogP contribution < -0.4 is 19.7 Å². The second-order valence-corrected chi connectivity index (χ2v) is 4.66. The van der Waals surface area contributed by atoms with Crippen molar-refractivity contribution < 1.29 is 9.47 Å². The SMILES string of the molecule is COc1ccc(Nc2nc(Cl)nc(N(C)C)n2)cc1OC. The Bertz CT molecular complexity index is 636. The molecule has 1 aromatic carbocycles. The Morgan fingerprint density at radius 2 is 1.76 bits per heavy atom. The molecule has 0 saturated heterocycles. The van der Waals surface area contributed by atoms with Crippen molar-refractivity contribution in [3.05, 3.63) is 23.5 Å². The van der Waals surface area contributed by atoms with E-state index < -0.39 is 0 Å². The maximum atomic E-state index is 5.89. The molecule has 2 aromatic rings. The number of ether oxygens (including phenoxy) is 2. The van der Waals surface area contributed by atoms with Crippen LogP contribution in [0.4, 0.5) is 17.6 Å². The van der Waals surface area contributed by atoms with Crippen LogP contribution in [0.15, 0.2) is 18.2 Å². The van der Waals surface area contributed by atoms with Gasteiger partial charge in [-0.2, -0.15) is 15.0 Å². The molecule has 1 aromatic heterocycles. The first-order chi connectivity index (χ1) is 10.0. The van der Waals surface area contributed by atoms with Gasteiger partial charge < -0.3 is 19.7 Å². The number of methoxy groups -OCH3 is 2. The topological polar surface area (TPSA) is 72.4 Å². The predicted molar refractivity (Wildman–Crippen MR) is 82.0 cm³/mol. The molecule has 0 atom stereocenters. The molecule has 112 valence electrons. The van der Waals surface area contributed by atoms with Gasteiger partial charge in [-0.25, -0.2) is 0 Å². The minimum Gasteiger partial charge on any atom is -0.493 e. The molecule has 0 saturated carbocycles. The summed E-state index contributed by atoms with van der Waals surface area (Å²) in [4.78, 5) is 14.1. The Morgan fingerprint density at radius 3 is 2.38 bits per heavy atom. The molecular weight excluding hydrogens is 294 g/mol. The van der Waals surface area contributed by atoms with E-state index >= 15 is 0 Å². The summed E-state index contributed by atoms with van der Waals surface area (Å²) in [5, 5.41) is 3.18. The van der Waals surface area contributed by atoms with E-state index in [9.17, 15) is 0 Å². The van der Waals surface area contributed by atoms with Crippen molar-refractivity contribution in [2.45, 2.75) is 0 Å². The molecule has 0 amide bonds. The summed E-state index contributed by atoms with van der Waals surface area (Å²) in [5.74, 6) is 2.07. The van der Waals surface area contributed by atoms with Crippen LogP contribution in [0.3, 0.4) is 0 Å². The van der Waals surface area contributed by atoms with Crippen molar-refractivity contribution >= 4 is 29.2 Å². The number of aromatic nitrogens is 3. The first kappa shape index (κ1) is 15.1. The number of halogens is 1. The van der Waals surface area contributed by atoms with Crippen molar-refractivity contribution in [2.75, 3.05) is 38.5 Å². The van der Waals surface area contributed by atoms with Crippen LogP contribution in [0.5, 0.6) is 11.5 Å². The van der Waals surface area contributed by atoms with E-state index in [0.29, 0.717) is 23.4 Å². The number of nitrogens with zero attached hydrogens (tertiary/aromatic N) is 4. The summed E-state index contributed by atoms with van der Waals surface area (Å²) in [7, 11) is 6.81. The summed E-state index contributed by atoms with van der Waals surface area (Å²) in [6.45, 7) is 0. The maximum absolute atomic E-state index is 5.89. The third-order valence-corrected chi connectivity index (χ3v) is 2.81. The number of benzene rings is 1. The summed E-state index contributed by atoms with van der Waals surface area (Å²) in [6, 6.07) is 5.40. The van der Waals surface area contributed by atoms with E-state index in [-0.39, 0.29) is 5.28 Å². The zero-order valence-corrected chi connectivity index (χ0v) is 13.0. The Morgan fingerprint density at radius 1 is 1.05 bits per heavy atom. The van der Waals surface area contributed by atoms with Crippen LogP contribution in [-0.2, 0) is 0 Å². The summed E-state index contributed by atoms with van der Waals surface area (Å²) in [5.41, 5.74) is 0.750. The first-order valence-corrected chi connectivity index (χ1v) is 6.49. The van der Waals surface area contributed by atoms with Gasteiger partial charge in [-0.3, -0.25) is 0 Å². The molecule has 0 radical (unpaired) electrons. The van der Waals surface area contributed by atoms with E-state index in [0.717, 1.165) is 5.69 Å². The lowest BCUT2D eigenvalue weighted by atomic mass is 10.3. The highest BCUT2D eigenvalue weighted by atomic mass is 35.5. The third kappa shape index (κ3) is 3.63. The number of hydrogen-bond donors (Lipinski definition) is 1. The molecule has 0 spiro atoms. The normalized spacial score (nSPS) is 10.1. The molecule has 0 fully saturated rings. The highest BCUT2D eigenvalue weighted by Crippen LogP contribution is 2.30. The van der Waals surface area contributed by atoms with Gasteiger partial charge in [0.1, 0.15) is 0 Å². The molecule has 1 heterocycles.